The average Bonchev–Trinajstić information content (AvgIpc) is 1.50. The van der Waals surface area contributed by atoms with Gasteiger partial charge in [-0.3, -0.25) is 0 Å². The molecule has 16 N–H and O–H groups in total. The zero-order valence-electron chi connectivity index (χ0n) is 7.66. The van der Waals surface area contributed by atoms with Crippen LogP contribution >= 0.6 is 0 Å². The molecule has 0 fully saturated rings. The minimum atomic E-state index is -2.75. The molecule has 0 rings (SSSR count). The molecule has 3 amide bonds. The van der Waals surface area contributed by atoms with Crippen molar-refractivity contribution in [3.8, 4) is 0 Å². The van der Waals surface area contributed by atoms with Crippen LogP contribution in [0.15, 0.2) is 0 Å². The molecule has 0 radical (unpaired) electrons. The molecular weight excluding hydrogens is 216 g/mol. The molecule has 12 heteroatoms. The minimum Gasteiger partial charge on any atom is -0.870 e. The van der Waals surface area contributed by atoms with E-state index in [4.69, 9.17) is 19.8 Å². The molecular formula is C3H16N6O6-2. The number of rotatable bonds is 0. The Morgan fingerprint density at radius 1 is 1.13 bits per heavy atom. The maximum Gasteiger partial charge on any atom is 0.402 e. The predicted molar refractivity (Wildman–Crippen MR) is 46.3 cm³/mol. The molecule has 15 heavy (non-hydrogen) atoms. The Balaban J connectivity index is -0.0000000315. The normalized spacial score (nSPS) is 7.20. The number of urea groups is 1. The number of carbonyl (C=O) groups excluding carboxylic acids is 1. The van der Waals surface area contributed by atoms with Crippen LogP contribution in [0.4, 0.5) is 9.59 Å². The van der Waals surface area contributed by atoms with Gasteiger partial charge in [-0.05, 0) is 0 Å². The van der Waals surface area contributed by atoms with Crippen LogP contribution in [0.2, 0.25) is 0 Å². The maximum absolute atomic E-state index is 9.22. The summed E-state index contributed by atoms with van der Waals surface area (Å²) in [6.45, 7) is 0. The van der Waals surface area contributed by atoms with E-state index in [2.05, 4.69) is 28.7 Å². The molecule has 0 aliphatic carbocycles. The quantitative estimate of drug-likeness (QED) is 0.186. The molecule has 0 aromatic heterocycles. The van der Waals surface area contributed by atoms with E-state index < -0.39 is 18.2 Å². The molecule has 0 spiro atoms. The van der Waals surface area contributed by atoms with Gasteiger partial charge in [0.1, 0.15) is 0 Å². The summed E-state index contributed by atoms with van der Waals surface area (Å²) in [6.07, 6.45) is -1.33. The molecule has 0 saturated heterocycles. The van der Waals surface area contributed by atoms with Crippen LogP contribution in [0.25, 0.3) is 0 Å². The molecule has 96 valence electrons. The number of hydrogen-bond donors (Lipinski definition) is 8. The predicted octanol–water partition coefficient (Wildman–Crippen LogP) is -4.50. The molecule has 0 saturated carbocycles. The van der Waals surface area contributed by atoms with E-state index >= 15 is 0 Å². The summed E-state index contributed by atoms with van der Waals surface area (Å²) in [4.78, 5) is 17.8. The van der Waals surface area contributed by atoms with Crippen LogP contribution in [0.3, 0.4) is 0 Å². The third-order valence-corrected chi connectivity index (χ3v) is 0. The van der Waals surface area contributed by atoms with Crippen LogP contribution in [0.5, 0.6) is 0 Å². The van der Waals surface area contributed by atoms with Crippen LogP contribution < -0.4 is 39.9 Å². The van der Waals surface area contributed by atoms with E-state index in [1.807, 2.05) is 0 Å². The number of carboxylic acid groups (broad SMARTS) is 1. The Labute approximate surface area is 84.5 Å². The fourth-order valence-electron chi connectivity index (χ4n) is 0. The van der Waals surface area contributed by atoms with Gasteiger partial charge in [0.2, 0.25) is 0 Å². The second kappa shape index (κ2) is 14.8. The van der Waals surface area contributed by atoms with Crippen molar-refractivity contribution >= 4 is 12.1 Å². The third kappa shape index (κ3) is 452. The summed E-state index contributed by atoms with van der Waals surface area (Å²) >= 11 is 0. The van der Waals surface area contributed by atoms with Gasteiger partial charge in [-0.2, -0.15) is 0 Å². The van der Waals surface area contributed by atoms with Crippen LogP contribution in [-0.4, -0.2) is 33.8 Å². The Morgan fingerprint density at radius 3 is 1.13 bits per heavy atom. The smallest absolute Gasteiger partial charge is 0.402 e. The summed E-state index contributed by atoms with van der Waals surface area (Å²) in [5.74, 6) is 0. The van der Waals surface area contributed by atoms with E-state index in [1.54, 1.807) is 0 Å². The third-order valence-electron chi connectivity index (χ3n) is 0. The topological polar surface area (TPSA) is 293 Å². The highest BCUT2D eigenvalue weighted by molar-refractivity contribution is 5.69. The number of primary amides is 3. The highest BCUT2D eigenvalue weighted by Crippen LogP contribution is 1.51. The molecule has 0 atom stereocenters. The fraction of sp³-hybridized carbons (Fsp3) is 0.333. The summed E-state index contributed by atoms with van der Waals surface area (Å²) in [7, 11) is 0. The second-order valence-corrected chi connectivity index (χ2v) is 1.49. The van der Waals surface area contributed by atoms with Gasteiger partial charge >= 0.3 is 12.1 Å². The van der Waals surface area contributed by atoms with Crippen molar-refractivity contribution in [2.45, 2.75) is 6.03 Å². The monoisotopic (exact) mass is 232 g/mol. The lowest BCUT2D eigenvalue weighted by Gasteiger charge is -2.21. The van der Waals surface area contributed by atoms with Crippen molar-refractivity contribution in [1.29, 1.82) is 0 Å². The lowest BCUT2D eigenvalue weighted by atomic mass is 11.0. The standard InChI is InChI=1S/CH5N2O2.CH4N2O.CH3NO2.H3N.H2O/c2-1(3,4)5;2*2-1(3)4;;/h4H,2-3H2;(H4,2,3,4);2H2,(H,3,4);1H3;1H2/q-1;;;;/p-1. The number of carbonyl (C=O) groups is 2. The first kappa shape index (κ1) is 29.2. The summed E-state index contributed by atoms with van der Waals surface area (Å²) in [5.41, 5.74) is 20.8. The first-order chi connectivity index (χ1) is 5.46. The molecule has 0 aromatic rings. The van der Waals surface area contributed by atoms with Crippen LogP contribution in [0, 0.1) is 0 Å². The van der Waals surface area contributed by atoms with Gasteiger partial charge in [-0.1, -0.05) is 0 Å². The van der Waals surface area contributed by atoms with Gasteiger partial charge in [0, 0.05) is 0 Å². The van der Waals surface area contributed by atoms with Gasteiger partial charge in [0.15, 0.2) is 0 Å². The SMILES string of the molecule is N.NC(=O)O.NC(N)([O-])O.NC(N)=O.[OH-]. The van der Waals surface area contributed by atoms with Crippen molar-refractivity contribution in [2.24, 2.45) is 28.7 Å². The number of aliphatic hydroxyl groups is 1. The van der Waals surface area contributed by atoms with Crippen molar-refractivity contribution in [3.05, 3.63) is 0 Å². The fourth-order valence-corrected chi connectivity index (χ4v) is 0. The molecule has 0 aliphatic heterocycles. The minimum absolute atomic E-state index is 0. The zero-order valence-corrected chi connectivity index (χ0v) is 7.66. The average molecular weight is 232 g/mol. The van der Waals surface area contributed by atoms with Crippen molar-refractivity contribution in [1.82, 2.24) is 6.15 Å². The van der Waals surface area contributed by atoms with Gasteiger partial charge in [-0.15, -0.1) is 0 Å². The van der Waals surface area contributed by atoms with Gasteiger partial charge in [0.05, 0.1) is 6.03 Å². The highest BCUT2D eigenvalue weighted by atomic mass is 16.5. The zero-order chi connectivity index (χ0) is 11.7. The molecule has 0 heterocycles. The lowest BCUT2D eigenvalue weighted by Crippen LogP contribution is -2.60. The molecule has 0 aromatic carbocycles. The maximum atomic E-state index is 9.22. The lowest BCUT2D eigenvalue weighted by molar-refractivity contribution is -0.544. The number of amides is 3. The number of hydrogen-bond acceptors (Lipinski definition) is 8. The van der Waals surface area contributed by atoms with Crippen LogP contribution in [-0.2, 0) is 0 Å². The van der Waals surface area contributed by atoms with Crippen molar-refractivity contribution < 1.29 is 30.4 Å². The molecule has 0 aliphatic rings. The van der Waals surface area contributed by atoms with E-state index in [1.165, 1.54) is 0 Å². The van der Waals surface area contributed by atoms with Crippen LogP contribution in [0.1, 0.15) is 0 Å². The largest absolute Gasteiger partial charge is 0.870 e. The van der Waals surface area contributed by atoms with Crippen molar-refractivity contribution in [2.75, 3.05) is 0 Å². The van der Waals surface area contributed by atoms with Crippen molar-refractivity contribution in [3.63, 3.8) is 0 Å². The van der Waals surface area contributed by atoms with Gasteiger partial charge in [0.25, 0.3) is 0 Å². The Kier molecular flexibility index (Phi) is 28.8. The van der Waals surface area contributed by atoms with E-state index in [0.29, 0.717) is 0 Å². The summed E-state index contributed by atoms with van der Waals surface area (Å²) in [5, 5.41) is 23.9. The Hall–Kier alpha value is -1.70. The molecule has 12 nitrogen and oxygen atoms in total. The second-order valence-electron chi connectivity index (χ2n) is 1.49. The Bertz CT molecular complexity index is 129. The summed E-state index contributed by atoms with van der Waals surface area (Å²) < 4.78 is 0. The first-order valence-electron chi connectivity index (χ1n) is 2.50. The Morgan fingerprint density at radius 2 is 1.13 bits per heavy atom. The van der Waals surface area contributed by atoms with Gasteiger partial charge < -0.3 is 55.6 Å². The molecule has 0 unspecified atom stereocenters. The first-order valence-corrected chi connectivity index (χ1v) is 2.50. The number of nitrogens with two attached hydrogens (primary N) is 5. The van der Waals surface area contributed by atoms with E-state index in [9.17, 15) is 5.11 Å². The summed E-state index contributed by atoms with van der Waals surface area (Å²) in [6, 6.07) is -3.58. The highest BCUT2D eigenvalue weighted by Gasteiger charge is 1.85. The molecule has 0 bridgehead atoms. The van der Waals surface area contributed by atoms with E-state index in [-0.39, 0.29) is 11.6 Å². The van der Waals surface area contributed by atoms with Gasteiger partial charge in [-0.25, -0.2) is 9.59 Å². The van der Waals surface area contributed by atoms with E-state index in [0.717, 1.165) is 0 Å².